The van der Waals surface area contributed by atoms with Crippen molar-refractivity contribution in [2.75, 3.05) is 7.11 Å². The fourth-order valence-electron chi connectivity index (χ4n) is 2.22. The Labute approximate surface area is 117 Å². The Bertz CT molecular complexity index is 728. The van der Waals surface area contributed by atoms with Crippen LogP contribution in [0.1, 0.15) is 11.1 Å². The quantitative estimate of drug-likeness (QED) is 0.705. The van der Waals surface area contributed by atoms with Crippen molar-refractivity contribution in [3.63, 3.8) is 0 Å². The predicted molar refractivity (Wildman–Crippen MR) is 78.3 cm³/mol. The van der Waals surface area contributed by atoms with Crippen molar-refractivity contribution in [1.29, 1.82) is 0 Å². The first-order valence-electron chi connectivity index (χ1n) is 6.50. The average Bonchev–Trinajstić information content (AvgIpc) is 2.90. The summed E-state index contributed by atoms with van der Waals surface area (Å²) in [5.41, 5.74) is 3.11. The van der Waals surface area contributed by atoms with Crippen LogP contribution in [0.3, 0.4) is 0 Å². The van der Waals surface area contributed by atoms with Crippen molar-refractivity contribution in [3.05, 3.63) is 59.9 Å². The second-order valence-corrected chi connectivity index (χ2v) is 4.68. The molecule has 0 aliphatic rings. The van der Waals surface area contributed by atoms with Crippen LogP contribution in [0.15, 0.2) is 53.1 Å². The van der Waals surface area contributed by atoms with Gasteiger partial charge in [0.2, 0.25) is 0 Å². The first kappa shape index (κ1) is 12.6. The molecule has 0 aliphatic heterocycles. The van der Waals surface area contributed by atoms with Crippen molar-refractivity contribution < 1.29 is 13.9 Å². The summed E-state index contributed by atoms with van der Waals surface area (Å²) in [6, 6.07) is 13.7. The number of furan rings is 1. The van der Waals surface area contributed by atoms with Gasteiger partial charge in [0, 0.05) is 17.0 Å². The number of para-hydroxylation sites is 1. The van der Waals surface area contributed by atoms with E-state index in [1.165, 1.54) is 0 Å². The summed E-state index contributed by atoms with van der Waals surface area (Å²) in [5.74, 6) is 1.57. The molecule has 0 amide bonds. The maximum Gasteiger partial charge on any atom is 0.137 e. The minimum Gasteiger partial charge on any atom is -0.497 e. The molecule has 2 aromatic carbocycles. The van der Waals surface area contributed by atoms with Crippen LogP contribution in [0.5, 0.6) is 11.5 Å². The molecular weight excluding hydrogens is 252 g/mol. The fraction of sp³-hybridized carbons (Fsp3) is 0.176. The van der Waals surface area contributed by atoms with Gasteiger partial charge < -0.3 is 13.9 Å². The van der Waals surface area contributed by atoms with Crippen molar-refractivity contribution in [3.8, 4) is 11.5 Å². The molecule has 0 saturated carbocycles. The second-order valence-electron chi connectivity index (χ2n) is 4.68. The third kappa shape index (κ3) is 2.35. The van der Waals surface area contributed by atoms with E-state index in [2.05, 4.69) is 6.07 Å². The average molecular weight is 268 g/mol. The minimum absolute atomic E-state index is 0.476. The van der Waals surface area contributed by atoms with E-state index in [9.17, 15) is 0 Å². The minimum atomic E-state index is 0.476. The Morgan fingerprint density at radius 1 is 1.05 bits per heavy atom. The topological polar surface area (TPSA) is 31.6 Å². The van der Waals surface area contributed by atoms with Crippen molar-refractivity contribution in [2.45, 2.75) is 13.5 Å². The molecule has 1 heterocycles. The maximum absolute atomic E-state index is 5.80. The molecule has 0 N–H and O–H groups in total. The zero-order valence-electron chi connectivity index (χ0n) is 11.6. The lowest BCUT2D eigenvalue weighted by atomic mass is 10.1. The normalized spacial score (nSPS) is 10.7. The van der Waals surface area contributed by atoms with Gasteiger partial charge in [0.25, 0.3) is 0 Å². The van der Waals surface area contributed by atoms with Gasteiger partial charge in [-0.3, -0.25) is 0 Å². The zero-order chi connectivity index (χ0) is 13.9. The van der Waals surface area contributed by atoms with Gasteiger partial charge in [-0.1, -0.05) is 24.3 Å². The molecule has 20 heavy (non-hydrogen) atoms. The van der Waals surface area contributed by atoms with Crippen LogP contribution >= 0.6 is 0 Å². The molecule has 0 bridgehead atoms. The van der Waals surface area contributed by atoms with E-state index in [1.807, 2.05) is 43.3 Å². The summed E-state index contributed by atoms with van der Waals surface area (Å²) >= 11 is 0. The number of hydrogen-bond donors (Lipinski definition) is 0. The van der Waals surface area contributed by atoms with Crippen LogP contribution in [-0.4, -0.2) is 7.11 Å². The molecule has 3 heteroatoms. The van der Waals surface area contributed by atoms with Gasteiger partial charge in [0.15, 0.2) is 0 Å². The highest BCUT2D eigenvalue weighted by molar-refractivity contribution is 5.83. The zero-order valence-corrected chi connectivity index (χ0v) is 11.6. The number of ether oxygens (including phenoxy) is 2. The van der Waals surface area contributed by atoms with Crippen LogP contribution in [0.25, 0.3) is 11.0 Å². The highest BCUT2D eigenvalue weighted by Crippen LogP contribution is 2.26. The third-order valence-electron chi connectivity index (χ3n) is 3.31. The molecule has 0 atom stereocenters. The summed E-state index contributed by atoms with van der Waals surface area (Å²) in [4.78, 5) is 0. The predicted octanol–water partition coefficient (Wildman–Crippen LogP) is 4.33. The number of fused-ring (bicyclic) bond motifs is 1. The molecule has 0 saturated heterocycles. The van der Waals surface area contributed by atoms with Gasteiger partial charge in [-0.15, -0.1) is 0 Å². The first-order valence-corrected chi connectivity index (χ1v) is 6.50. The van der Waals surface area contributed by atoms with E-state index < -0.39 is 0 Å². The van der Waals surface area contributed by atoms with Crippen LogP contribution in [-0.2, 0) is 6.61 Å². The number of aryl methyl sites for hydroxylation is 1. The van der Waals surface area contributed by atoms with Crippen LogP contribution in [0, 0.1) is 6.92 Å². The molecule has 102 valence electrons. The standard InChI is InChI=1S/C17H16O3/c1-12-5-3-8-16-13(11-20-17(12)16)10-19-15-7-4-6-14(9-15)18-2/h3-9,11H,10H2,1-2H3. The van der Waals surface area contributed by atoms with Gasteiger partial charge in [-0.2, -0.15) is 0 Å². The summed E-state index contributed by atoms with van der Waals surface area (Å²) in [6.45, 7) is 2.52. The summed E-state index contributed by atoms with van der Waals surface area (Å²) in [6.07, 6.45) is 1.76. The maximum atomic E-state index is 5.80. The lowest BCUT2D eigenvalue weighted by Crippen LogP contribution is -1.94. The van der Waals surface area contributed by atoms with E-state index in [-0.39, 0.29) is 0 Å². The lowest BCUT2D eigenvalue weighted by molar-refractivity contribution is 0.303. The van der Waals surface area contributed by atoms with E-state index in [0.717, 1.165) is 33.6 Å². The fourth-order valence-corrected chi connectivity index (χ4v) is 2.22. The molecule has 3 nitrogen and oxygen atoms in total. The molecule has 0 fully saturated rings. The Morgan fingerprint density at radius 3 is 2.70 bits per heavy atom. The largest absolute Gasteiger partial charge is 0.497 e. The Kier molecular flexibility index (Phi) is 3.33. The van der Waals surface area contributed by atoms with Crippen molar-refractivity contribution in [1.82, 2.24) is 0 Å². The van der Waals surface area contributed by atoms with Gasteiger partial charge in [0.1, 0.15) is 23.7 Å². The molecule has 3 aromatic rings. The number of rotatable bonds is 4. The first-order chi connectivity index (χ1) is 9.78. The molecule has 1 aromatic heterocycles. The number of hydrogen-bond acceptors (Lipinski definition) is 3. The van der Waals surface area contributed by atoms with Crippen molar-refractivity contribution in [2.24, 2.45) is 0 Å². The van der Waals surface area contributed by atoms with Crippen LogP contribution < -0.4 is 9.47 Å². The Hall–Kier alpha value is -2.42. The van der Waals surface area contributed by atoms with Crippen molar-refractivity contribution >= 4 is 11.0 Å². The molecule has 0 radical (unpaired) electrons. The van der Waals surface area contributed by atoms with E-state index in [1.54, 1.807) is 13.4 Å². The highest BCUT2D eigenvalue weighted by Gasteiger charge is 2.08. The third-order valence-corrected chi connectivity index (χ3v) is 3.31. The molecule has 0 unspecified atom stereocenters. The summed E-state index contributed by atoms with van der Waals surface area (Å²) < 4.78 is 16.6. The molecule has 0 spiro atoms. The highest BCUT2D eigenvalue weighted by atomic mass is 16.5. The monoisotopic (exact) mass is 268 g/mol. The Balaban J connectivity index is 1.81. The van der Waals surface area contributed by atoms with E-state index in [0.29, 0.717) is 6.61 Å². The van der Waals surface area contributed by atoms with E-state index >= 15 is 0 Å². The number of methoxy groups -OCH3 is 1. The number of benzene rings is 2. The Morgan fingerprint density at radius 2 is 1.85 bits per heavy atom. The lowest BCUT2D eigenvalue weighted by Gasteiger charge is -2.06. The smallest absolute Gasteiger partial charge is 0.137 e. The van der Waals surface area contributed by atoms with E-state index in [4.69, 9.17) is 13.9 Å². The molecule has 0 aliphatic carbocycles. The van der Waals surface area contributed by atoms with Gasteiger partial charge in [-0.05, 0) is 24.6 Å². The van der Waals surface area contributed by atoms with Crippen LogP contribution in [0.2, 0.25) is 0 Å². The van der Waals surface area contributed by atoms with Gasteiger partial charge in [-0.25, -0.2) is 0 Å². The van der Waals surface area contributed by atoms with Crippen LogP contribution in [0.4, 0.5) is 0 Å². The SMILES string of the molecule is COc1cccc(OCc2coc3c(C)cccc23)c1. The second kappa shape index (κ2) is 5.29. The molecule has 3 rings (SSSR count). The summed E-state index contributed by atoms with van der Waals surface area (Å²) in [7, 11) is 1.64. The van der Waals surface area contributed by atoms with Gasteiger partial charge in [0.05, 0.1) is 13.4 Å². The van der Waals surface area contributed by atoms with Gasteiger partial charge >= 0.3 is 0 Å². The molecular formula is C17H16O3. The summed E-state index contributed by atoms with van der Waals surface area (Å²) in [5, 5.41) is 1.10.